The number of para-hydroxylation sites is 1. The van der Waals surface area contributed by atoms with E-state index in [2.05, 4.69) is 5.32 Å². The second-order valence-electron chi connectivity index (χ2n) is 5.17. The summed E-state index contributed by atoms with van der Waals surface area (Å²) in [5.41, 5.74) is 0.936. The molecule has 3 nitrogen and oxygen atoms in total. The third kappa shape index (κ3) is 2.61. The molecular formula is C15H17ClN2O. The molecule has 0 saturated heterocycles. The van der Waals surface area contributed by atoms with Gasteiger partial charge in [0.25, 0.3) is 0 Å². The van der Waals surface area contributed by atoms with Crippen LogP contribution in [0.1, 0.15) is 25.7 Å². The fourth-order valence-electron chi connectivity index (χ4n) is 2.84. The van der Waals surface area contributed by atoms with E-state index in [1.807, 2.05) is 35.0 Å². The normalized spacial score (nSPS) is 16.1. The summed E-state index contributed by atoms with van der Waals surface area (Å²) in [6.07, 6.45) is 6.59. The number of hydrogen-bond donors (Lipinski definition) is 1. The highest BCUT2D eigenvalue weighted by atomic mass is 35.5. The lowest BCUT2D eigenvalue weighted by Crippen LogP contribution is -2.35. The molecule has 0 spiro atoms. The van der Waals surface area contributed by atoms with Gasteiger partial charge in [-0.1, -0.05) is 36.6 Å². The van der Waals surface area contributed by atoms with Crippen molar-refractivity contribution in [1.29, 1.82) is 0 Å². The van der Waals surface area contributed by atoms with Gasteiger partial charge in [0.15, 0.2) is 0 Å². The summed E-state index contributed by atoms with van der Waals surface area (Å²) in [6, 6.07) is 8.14. The number of carbonyl (C=O) groups is 1. The van der Waals surface area contributed by atoms with Crippen LogP contribution in [0.4, 0.5) is 0 Å². The zero-order chi connectivity index (χ0) is 13.2. The van der Waals surface area contributed by atoms with Crippen LogP contribution < -0.4 is 5.32 Å². The Morgan fingerprint density at radius 2 is 2.11 bits per heavy atom. The third-order valence-corrected chi connectivity index (χ3v) is 4.08. The topological polar surface area (TPSA) is 34.0 Å². The molecule has 0 atom stereocenters. The molecule has 1 fully saturated rings. The van der Waals surface area contributed by atoms with Crippen molar-refractivity contribution in [2.45, 2.75) is 38.3 Å². The molecule has 19 heavy (non-hydrogen) atoms. The zero-order valence-electron chi connectivity index (χ0n) is 10.7. The number of fused-ring (bicyclic) bond motifs is 1. The second kappa shape index (κ2) is 5.25. The Kier molecular flexibility index (Phi) is 3.47. The van der Waals surface area contributed by atoms with E-state index in [1.54, 1.807) is 0 Å². The van der Waals surface area contributed by atoms with Gasteiger partial charge >= 0.3 is 0 Å². The number of hydrogen-bond acceptors (Lipinski definition) is 1. The number of amides is 1. The Morgan fingerprint density at radius 3 is 2.89 bits per heavy atom. The fourth-order valence-corrected chi connectivity index (χ4v) is 3.13. The van der Waals surface area contributed by atoms with Crippen LogP contribution in [0.15, 0.2) is 30.5 Å². The number of nitrogens with zero attached hydrogens (tertiary/aromatic N) is 1. The molecule has 2 aromatic rings. The first-order chi connectivity index (χ1) is 9.24. The molecule has 1 aromatic heterocycles. The van der Waals surface area contributed by atoms with Crippen molar-refractivity contribution in [2.75, 3.05) is 0 Å². The van der Waals surface area contributed by atoms with Gasteiger partial charge in [-0.05, 0) is 25.0 Å². The quantitative estimate of drug-likeness (QED) is 0.916. The maximum atomic E-state index is 12.0. The highest BCUT2D eigenvalue weighted by molar-refractivity contribution is 6.35. The van der Waals surface area contributed by atoms with Gasteiger partial charge in [0, 0.05) is 17.6 Å². The monoisotopic (exact) mass is 276 g/mol. The van der Waals surface area contributed by atoms with Crippen LogP contribution in [0.2, 0.25) is 5.02 Å². The molecule has 1 heterocycles. The minimum absolute atomic E-state index is 0.0734. The van der Waals surface area contributed by atoms with Gasteiger partial charge in [0.1, 0.15) is 6.54 Å². The number of halogens is 1. The summed E-state index contributed by atoms with van der Waals surface area (Å²) in [6.45, 7) is 0.337. The average molecular weight is 277 g/mol. The van der Waals surface area contributed by atoms with E-state index in [9.17, 15) is 4.79 Å². The van der Waals surface area contributed by atoms with Crippen LogP contribution in [0, 0.1) is 0 Å². The lowest BCUT2D eigenvalue weighted by atomic mass is 10.2. The van der Waals surface area contributed by atoms with Gasteiger partial charge in [-0.3, -0.25) is 4.79 Å². The first kappa shape index (κ1) is 12.5. The van der Waals surface area contributed by atoms with Crippen LogP contribution in [0.3, 0.4) is 0 Å². The number of benzene rings is 1. The fraction of sp³-hybridized carbons (Fsp3) is 0.400. The average Bonchev–Trinajstić information content (AvgIpc) is 3.00. The van der Waals surface area contributed by atoms with Crippen molar-refractivity contribution in [1.82, 2.24) is 9.88 Å². The van der Waals surface area contributed by atoms with Crippen LogP contribution in [0.5, 0.6) is 0 Å². The van der Waals surface area contributed by atoms with Crippen molar-refractivity contribution < 1.29 is 4.79 Å². The summed E-state index contributed by atoms with van der Waals surface area (Å²) in [4.78, 5) is 12.0. The van der Waals surface area contributed by atoms with Crippen LogP contribution in [0.25, 0.3) is 10.9 Å². The van der Waals surface area contributed by atoms with Gasteiger partial charge in [0.2, 0.25) is 5.91 Å². The molecule has 3 rings (SSSR count). The summed E-state index contributed by atoms with van der Waals surface area (Å²) in [7, 11) is 0. The molecule has 0 bridgehead atoms. The molecule has 1 aromatic carbocycles. The summed E-state index contributed by atoms with van der Waals surface area (Å²) < 4.78 is 1.92. The van der Waals surface area contributed by atoms with Gasteiger partial charge in [-0.15, -0.1) is 0 Å². The summed E-state index contributed by atoms with van der Waals surface area (Å²) in [5, 5.41) is 4.86. The van der Waals surface area contributed by atoms with E-state index in [1.165, 1.54) is 12.8 Å². The van der Waals surface area contributed by atoms with Crippen LogP contribution >= 0.6 is 11.6 Å². The smallest absolute Gasteiger partial charge is 0.240 e. The minimum atomic E-state index is 0.0734. The molecule has 1 saturated carbocycles. The van der Waals surface area contributed by atoms with Crippen molar-refractivity contribution in [3.8, 4) is 0 Å². The molecule has 1 amide bonds. The Hall–Kier alpha value is -1.48. The maximum absolute atomic E-state index is 12.0. The van der Waals surface area contributed by atoms with Gasteiger partial charge in [0.05, 0.1) is 10.5 Å². The van der Waals surface area contributed by atoms with E-state index >= 15 is 0 Å². The van der Waals surface area contributed by atoms with Gasteiger partial charge < -0.3 is 9.88 Å². The SMILES string of the molecule is O=C(Cn1ccc2cccc(Cl)c21)NC1CCCC1. The Labute approximate surface area is 117 Å². The summed E-state index contributed by atoms with van der Waals surface area (Å²) in [5.74, 6) is 0.0734. The number of aromatic nitrogens is 1. The molecule has 0 radical (unpaired) electrons. The van der Waals surface area contributed by atoms with Crippen LogP contribution in [-0.4, -0.2) is 16.5 Å². The lowest BCUT2D eigenvalue weighted by molar-refractivity contribution is -0.122. The molecule has 0 aliphatic heterocycles. The van der Waals surface area contributed by atoms with Crippen molar-refractivity contribution >= 4 is 28.4 Å². The largest absolute Gasteiger partial charge is 0.352 e. The first-order valence-electron chi connectivity index (χ1n) is 6.77. The molecule has 1 aliphatic rings. The van der Waals surface area contributed by atoms with E-state index in [0.29, 0.717) is 17.6 Å². The third-order valence-electron chi connectivity index (χ3n) is 3.77. The maximum Gasteiger partial charge on any atom is 0.240 e. The summed E-state index contributed by atoms with van der Waals surface area (Å²) >= 11 is 6.20. The zero-order valence-corrected chi connectivity index (χ0v) is 11.5. The molecule has 1 N–H and O–H groups in total. The van der Waals surface area contributed by atoms with Crippen molar-refractivity contribution in [2.24, 2.45) is 0 Å². The van der Waals surface area contributed by atoms with Crippen molar-refractivity contribution in [3.05, 3.63) is 35.5 Å². The van der Waals surface area contributed by atoms with E-state index in [0.717, 1.165) is 23.7 Å². The predicted molar refractivity (Wildman–Crippen MR) is 77.3 cm³/mol. The Balaban J connectivity index is 1.75. The highest BCUT2D eigenvalue weighted by Gasteiger charge is 2.17. The lowest BCUT2D eigenvalue weighted by Gasteiger charge is -2.13. The standard InChI is InChI=1S/C15H17ClN2O/c16-13-7-3-4-11-8-9-18(15(11)13)10-14(19)17-12-5-1-2-6-12/h3-4,7-9,12H,1-2,5-6,10H2,(H,17,19). The molecule has 1 aliphatic carbocycles. The minimum Gasteiger partial charge on any atom is -0.352 e. The van der Waals surface area contributed by atoms with Crippen LogP contribution in [-0.2, 0) is 11.3 Å². The second-order valence-corrected chi connectivity index (χ2v) is 5.58. The van der Waals surface area contributed by atoms with Crippen molar-refractivity contribution in [3.63, 3.8) is 0 Å². The number of rotatable bonds is 3. The highest BCUT2D eigenvalue weighted by Crippen LogP contribution is 2.24. The molecular weight excluding hydrogens is 260 g/mol. The van der Waals surface area contributed by atoms with E-state index < -0.39 is 0 Å². The van der Waals surface area contributed by atoms with Gasteiger partial charge in [-0.25, -0.2) is 0 Å². The van der Waals surface area contributed by atoms with Gasteiger partial charge in [-0.2, -0.15) is 0 Å². The Bertz CT molecular complexity index is 599. The number of carbonyl (C=O) groups excluding carboxylic acids is 1. The predicted octanol–water partition coefficient (Wildman–Crippen LogP) is 3.35. The van der Waals surface area contributed by atoms with E-state index in [-0.39, 0.29) is 5.91 Å². The van der Waals surface area contributed by atoms with E-state index in [4.69, 9.17) is 11.6 Å². The first-order valence-corrected chi connectivity index (χ1v) is 7.14. The molecule has 4 heteroatoms. The Morgan fingerprint density at radius 1 is 1.32 bits per heavy atom. The molecule has 0 unspecified atom stereocenters. The number of nitrogens with one attached hydrogen (secondary N) is 1. The molecule has 100 valence electrons.